The van der Waals surface area contributed by atoms with Gasteiger partial charge >= 0.3 is 0 Å². The first kappa shape index (κ1) is 17.4. The fourth-order valence-corrected chi connectivity index (χ4v) is 2.20. The van der Waals surface area contributed by atoms with E-state index >= 15 is 0 Å². The number of sulfonamides is 1. The zero-order valence-corrected chi connectivity index (χ0v) is 12.9. The Bertz CT molecular complexity index is 586. The molecule has 0 aromatic heterocycles. The summed E-state index contributed by atoms with van der Waals surface area (Å²) in [6, 6.07) is 3.89. The minimum Gasteiger partial charge on any atom is -0.496 e. The first-order valence-electron chi connectivity index (χ1n) is 6.47. The first-order valence-corrected chi connectivity index (χ1v) is 8.01. The van der Waals surface area contributed by atoms with Crippen LogP contribution in [0.3, 0.4) is 0 Å². The van der Waals surface area contributed by atoms with Gasteiger partial charge in [0.05, 0.1) is 17.6 Å². The van der Waals surface area contributed by atoms with Gasteiger partial charge in [-0.3, -0.25) is 4.79 Å². The number of benzene rings is 1. The monoisotopic (exact) mass is 316 g/mol. The maximum Gasteiger partial charge on any atom is 0.255 e. The second-order valence-electron chi connectivity index (χ2n) is 4.21. The maximum absolute atomic E-state index is 12.1. The number of nitrogens with two attached hydrogens (primary N) is 1. The molecule has 1 amide bonds. The highest BCUT2D eigenvalue weighted by atomic mass is 32.2. The fraction of sp³-hybridized carbons (Fsp3) is 0.462. The van der Waals surface area contributed by atoms with Crippen molar-refractivity contribution in [3.05, 3.63) is 23.8 Å². The summed E-state index contributed by atoms with van der Waals surface area (Å²) in [5.74, 6) is -0.140. The predicted molar refractivity (Wildman–Crippen MR) is 77.8 cm³/mol. The SMILES string of the molecule is CCOCCCNC(=O)c1cc(S(N)(=O)=O)ccc1OC. The molecule has 0 aliphatic heterocycles. The third kappa shape index (κ3) is 5.33. The lowest BCUT2D eigenvalue weighted by atomic mass is 10.2. The molecule has 21 heavy (non-hydrogen) atoms. The molecule has 118 valence electrons. The Morgan fingerprint density at radius 3 is 2.67 bits per heavy atom. The number of amides is 1. The number of carbonyl (C=O) groups excluding carboxylic acids is 1. The van der Waals surface area contributed by atoms with Crippen molar-refractivity contribution >= 4 is 15.9 Å². The van der Waals surface area contributed by atoms with Gasteiger partial charge in [0.2, 0.25) is 10.0 Å². The van der Waals surface area contributed by atoms with E-state index in [0.717, 1.165) is 0 Å². The van der Waals surface area contributed by atoms with Crippen LogP contribution in [0.1, 0.15) is 23.7 Å². The summed E-state index contributed by atoms with van der Waals surface area (Å²) in [4.78, 5) is 11.9. The molecule has 8 heteroatoms. The van der Waals surface area contributed by atoms with Crippen LogP contribution < -0.4 is 15.2 Å². The van der Waals surface area contributed by atoms with E-state index in [0.29, 0.717) is 26.2 Å². The molecule has 1 rings (SSSR count). The van der Waals surface area contributed by atoms with Gasteiger partial charge < -0.3 is 14.8 Å². The molecule has 3 N–H and O–H groups in total. The molecule has 0 aliphatic carbocycles. The van der Waals surface area contributed by atoms with Crippen LogP contribution in [0.2, 0.25) is 0 Å². The normalized spacial score (nSPS) is 11.2. The Labute approximate surface area is 124 Å². The zero-order chi connectivity index (χ0) is 15.9. The van der Waals surface area contributed by atoms with Crippen LogP contribution in [0, 0.1) is 0 Å². The van der Waals surface area contributed by atoms with Gasteiger partial charge in [0.15, 0.2) is 0 Å². The minimum absolute atomic E-state index is 0.125. The molecular weight excluding hydrogens is 296 g/mol. The molecule has 0 spiro atoms. The number of rotatable bonds is 8. The molecule has 0 saturated heterocycles. The largest absolute Gasteiger partial charge is 0.496 e. The number of methoxy groups -OCH3 is 1. The highest BCUT2D eigenvalue weighted by Crippen LogP contribution is 2.21. The highest BCUT2D eigenvalue weighted by Gasteiger charge is 2.16. The van der Waals surface area contributed by atoms with Crippen LogP contribution in [0.5, 0.6) is 5.75 Å². The number of hydrogen-bond acceptors (Lipinski definition) is 5. The molecule has 0 fully saturated rings. The number of ether oxygens (including phenoxy) is 2. The van der Waals surface area contributed by atoms with E-state index in [9.17, 15) is 13.2 Å². The van der Waals surface area contributed by atoms with Gasteiger partial charge in [0.25, 0.3) is 5.91 Å². The smallest absolute Gasteiger partial charge is 0.255 e. The van der Waals surface area contributed by atoms with Crippen molar-refractivity contribution in [1.82, 2.24) is 5.32 Å². The quantitative estimate of drug-likeness (QED) is 0.679. The molecule has 0 saturated carbocycles. The summed E-state index contributed by atoms with van der Waals surface area (Å²) in [5, 5.41) is 7.73. The molecular formula is C13H20N2O5S. The lowest BCUT2D eigenvalue weighted by Gasteiger charge is -2.10. The van der Waals surface area contributed by atoms with Crippen LogP contribution in [-0.4, -0.2) is 41.2 Å². The summed E-state index contributed by atoms with van der Waals surface area (Å²) in [7, 11) is -2.47. The van der Waals surface area contributed by atoms with E-state index in [4.69, 9.17) is 14.6 Å². The Kier molecular flexibility index (Phi) is 6.60. The van der Waals surface area contributed by atoms with Crippen molar-refractivity contribution in [1.29, 1.82) is 0 Å². The first-order chi connectivity index (χ1) is 9.90. The van der Waals surface area contributed by atoms with Gasteiger partial charge in [0, 0.05) is 19.8 Å². The average molecular weight is 316 g/mol. The minimum atomic E-state index is -3.87. The van der Waals surface area contributed by atoms with E-state index in [1.807, 2.05) is 6.92 Å². The number of carbonyl (C=O) groups is 1. The maximum atomic E-state index is 12.1. The Balaban J connectivity index is 2.82. The van der Waals surface area contributed by atoms with Crippen molar-refractivity contribution in [2.24, 2.45) is 5.14 Å². The van der Waals surface area contributed by atoms with Crippen LogP contribution in [0.4, 0.5) is 0 Å². The third-order valence-electron chi connectivity index (χ3n) is 2.70. The van der Waals surface area contributed by atoms with Crippen LogP contribution in [-0.2, 0) is 14.8 Å². The molecule has 1 aromatic rings. The van der Waals surface area contributed by atoms with Crippen LogP contribution in [0.15, 0.2) is 23.1 Å². The fourth-order valence-electron chi connectivity index (χ4n) is 1.66. The van der Waals surface area contributed by atoms with Gasteiger partial charge in [0.1, 0.15) is 5.75 Å². The molecule has 0 atom stereocenters. The van der Waals surface area contributed by atoms with E-state index in [-0.39, 0.29) is 16.2 Å². The summed E-state index contributed by atoms with van der Waals surface area (Å²) in [6.07, 6.45) is 0.663. The topological polar surface area (TPSA) is 108 Å². The van der Waals surface area contributed by atoms with Crippen molar-refractivity contribution in [2.75, 3.05) is 26.9 Å². The second kappa shape index (κ2) is 7.96. The average Bonchev–Trinajstić information content (AvgIpc) is 2.45. The molecule has 1 aromatic carbocycles. The van der Waals surface area contributed by atoms with Gasteiger partial charge in [-0.1, -0.05) is 0 Å². The number of hydrogen-bond donors (Lipinski definition) is 2. The highest BCUT2D eigenvalue weighted by molar-refractivity contribution is 7.89. The third-order valence-corrected chi connectivity index (χ3v) is 3.61. The van der Waals surface area contributed by atoms with Gasteiger partial charge in [-0.15, -0.1) is 0 Å². The van der Waals surface area contributed by atoms with E-state index in [1.165, 1.54) is 25.3 Å². The van der Waals surface area contributed by atoms with Crippen molar-refractivity contribution in [3.63, 3.8) is 0 Å². The number of nitrogens with one attached hydrogen (secondary N) is 1. The number of primary sulfonamides is 1. The van der Waals surface area contributed by atoms with E-state index < -0.39 is 15.9 Å². The Morgan fingerprint density at radius 1 is 1.38 bits per heavy atom. The van der Waals surface area contributed by atoms with E-state index in [1.54, 1.807) is 0 Å². The van der Waals surface area contributed by atoms with Crippen molar-refractivity contribution in [2.45, 2.75) is 18.2 Å². The Morgan fingerprint density at radius 2 is 2.10 bits per heavy atom. The van der Waals surface area contributed by atoms with E-state index in [2.05, 4.69) is 5.32 Å². The molecule has 0 bridgehead atoms. The summed E-state index contributed by atoms with van der Waals surface area (Å²) >= 11 is 0. The van der Waals surface area contributed by atoms with Gasteiger partial charge in [-0.25, -0.2) is 13.6 Å². The molecule has 0 unspecified atom stereocenters. The van der Waals surface area contributed by atoms with Gasteiger partial charge in [-0.2, -0.15) is 0 Å². The summed E-state index contributed by atoms with van der Waals surface area (Å²) < 4.78 is 32.9. The summed E-state index contributed by atoms with van der Waals surface area (Å²) in [5.41, 5.74) is 0.125. The van der Waals surface area contributed by atoms with Crippen molar-refractivity contribution < 1.29 is 22.7 Å². The molecule has 0 heterocycles. The van der Waals surface area contributed by atoms with Crippen LogP contribution in [0.25, 0.3) is 0 Å². The summed E-state index contributed by atoms with van der Waals surface area (Å²) in [6.45, 7) is 3.48. The zero-order valence-electron chi connectivity index (χ0n) is 12.1. The van der Waals surface area contributed by atoms with Crippen molar-refractivity contribution in [3.8, 4) is 5.75 Å². The van der Waals surface area contributed by atoms with Gasteiger partial charge in [-0.05, 0) is 31.5 Å². The molecule has 7 nitrogen and oxygen atoms in total. The second-order valence-corrected chi connectivity index (χ2v) is 5.77. The molecule has 0 radical (unpaired) electrons. The lowest BCUT2D eigenvalue weighted by Crippen LogP contribution is -2.26. The lowest BCUT2D eigenvalue weighted by molar-refractivity contribution is 0.0941. The predicted octanol–water partition coefficient (Wildman–Crippen LogP) is 0.499. The molecule has 0 aliphatic rings. The Hall–Kier alpha value is -1.64. The van der Waals surface area contributed by atoms with Crippen LogP contribution >= 0.6 is 0 Å². The standard InChI is InChI=1S/C13H20N2O5S/c1-3-20-8-4-7-15-13(16)11-9-10(21(14,17)18)5-6-12(11)19-2/h5-6,9H,3-4,7-8H2,1-2H3,(H,15,16)(H2,14,17,18).